The maximum absolute atomic E-state index is 12.2. The second-order valence-electron chi connectivity index (χ2n) is 5.58. The number of hydrogen-bond acceptors (Lipinski definition) is 6. The fourth-order valence-electron chi connectivity index (χ4n) is 2.08. The van der Waals surface area contributed by atoms with Gasteiger partial charge in [0.15, 0.2) is 15.9 Å². The van der Waals surface area contributed by atoms with Crippen LogP contribution in [0, 0.1) is 0 Å². The SMILES string of the molecule is C[C@H](OC(=O)c1cc(S(C)(=O)=O)ccc1Cl)C(=O)NCCc1cccs1. The largest absolute Gasteiger partial charge is 0.449 e. The van der Waals surface area contributed by atoms with Crippen LogP contribution >= 0.6 is 22.9 Å². The van der Waals surface area contributed by atoms with Crippen LogP contribution in [-0.2, 0) is 25.8 Å². The van der Waals surface area contributed by atoms with Gasteiger partial charge in [-0.2, -0.15) is 0 Å². The molecule has 0 radical (unpaired) electrons. The minimum Gasteiger partial charge on any atom is -0.449 e. The number of amides is 1. The molecule has 0 fully saturated rings. The Morgan fingerprint density at radius 1 is 1.31 bits per heavy atom. The van der Waals surface area contributed by atoms with E-state index < -0.39 is 27.8 Å². The van der Waals surface area contributed by atoms with Gasteiger partial charge >= 0.3 is 5.97 Å². The molecule has 0 bridgehead atoms. The van der Waals surface area contributed by atoms with Gasteiger partial charge in [0, 0.05) is 17.7 Å². The Morgan fingerprint density at radius 2 is 2.04 bits per heavy atom. The van der Waals surface area contributed by atoms with Crippen LogP contribution in [0.4, 0.5) is 0 Å². The third-order valence-electron chi connectivity index (χ3n) is 3.49. The molecular weight excluding hydrogens is 398 g/mol. The van der Waals surface area contributed by atoms with Crippen LogP contribution in [0.2, 0.25) is 5.02 Å². The Bertz CT molecular complexity index is 894. The molecule has 0 aliphatic carbocycles. The standard InChI is InChI=1S/C17H18ClNO5S2/c1-11(16(20)19-8-7-12-4-3-9-25-12)24-17(21)14-10-13(26(2,22)23)5-6-15(14)18/h3-6,9-11H,7-8H2,1-2H3,(H,19,20)/t11-/m0/s1. The first-order chi connectivity index (χ1) is 12.2. The molecule has 0 saturated heterocycles. The second kappa shape index (κ2) is 8.66. The highest BCUT2D eigenvalue weighted by Gasteiger charge is 2.22. The Labute approximate surface area is 161 Å². The van der Waals surface area contributed by atoms with Gasteiger partial charge in [0.2, 0.25) is 0 Å². The summed E-state index contributed by atoms with van der Waals surface area (Å²) in [7, 11) is -3.50. The van der Waals surface area contributed by atoms with Gasteiger partial charge in [-0.05, 0) is 43.0 Å². The van der Waals surface area contributed by atoms with Gasteiger partial charge in [-0.3, -0.25) is 4.79 Å². The molecule has 1 atom stereocenters. The van der Waals surface area contributed by atoms with E-state index in [9.17, 15) is 18.0 Å². The van der Waals surface area contributed by atoms with Crippen molar-refractivity contribution < 1.29 is 22.7 Å². The first-order valence-corrected chi connectivity index (χ1v) is 10.8. The summed E-state index contributed by atoms with van der Waals surface area (Å²) in [6.07, 6.45) is 0.671. The van der Waals surface area contributed by atoms with Crippen molar-refractivity contribution >= 4 is 44.7 Å². The maximum Gasteiger partial charge on any atom is 0.340 e. The van der Waals surface area contributed by atoms with Crippen molar-refractivity contribution in [2.24, 2.45) is 0 Å². The lowest BCUT2D eigenvalue weighted by Gasteiger charge is -2.14. The summed E-state index contributed by atoms with van der Waals surface area (Å²) in [5.74, 6) is -1.30. The molecule has 1 heterocycles. The monoisotopic (exact) mass is 415 g/mol. The number of carbonyl (C=O) groups is 2. The Kier molecular flexibility index (Phi) is 6.80. The van der Waals surface area contributed by atoms with E-state index in [0.29, 0.717) is 13.0 Å². The van der Waals surface area contributed by atoms with Crippen molar-refractivity contribution in [3.63, 3.8) is 0 Å². The molecule has 1 aromatic heterocycles. The lowest BCUT2D eigenvalue weighted by Crippen LogP contribution is -2.36. The number of carbonyl (C=O) groups excluding carboxylic acids is 2. The summed E-state index contributed by atoms with van der Waals surface area (Å²) in [6.45, 7) is 1.86. The minimum atomic E-state index is -3.50. The number of ether oxygens (including phenoxy) is 1. The molecule has 1 aromatic carbocycles. The smallest absolute Gasteiger partial charge is 0.340 e. The molecular formula is C17H18ClNO5S2. The van der Waals surface area contributed by atoms with Crippen molar-refractivity contribution in [1.82, 2.24) is 5.32 Å². The molecule has 140 valence electrons. The van der Waals surface area contributed by atoms with Crippen molar-refractivity contribution in [1.29, 1.82) is 0 Å². The van der Waals surface area contributed by atoms with E-state index in [2.05, 4.69) is 5.32 Å². The first kappa shape index (κ1) is 20.4. The molecule has 2 aromatic rings. The lowest BCUT2D eigenvalue weighted by atomic mass is 10.2. The van der Waals surface area contributed by atoms with Crippen LogP contribution in [0.5, 0.6) is 0 Å². The fraction of sp³-hybridized carbons (Fsp3) is 0.294. The van der Waals surface area contributed by atoms with Gasteiger partial charge < -0.3 is 10.1 Å². The first-order valence-electron chi connectivity index (χ1n) is 7.69. The van der Waals surface area contributed by atoms with Crippen LogP contribution in [0.15, 0.2) is 40.6 Å². The van der Waals surface area contributed by atoms with Crippen molar-refractivity contribution in [2.45, 2.75) is 24.3 Å². The van der Waals surface area contributed by atoms with Crippen LogP contribution in [0.25, 0.3) is 0 Å². The molecule has 9 heteroatoms. The quantitative estimate of drug-likeness (QED) is 0.702. The summed E-state index contributed by atoms with van der Waals surface area (Å²) in [4.78, 5) is 25.4. The molecule has 0 unspecified atom stereocenters. The Morgan fingerprint density at radius 3 is 2.65 bits per heavy atom. The van der Waals surface area contributed by atoms with E-state index in [0.717, 1.165) is 17.2 Å². The summed E-state index contributed by atoms with van der Waals surface area (Å²) in [5.41, 5.74) is -0.104. The Hall–Kier alpha value is -1.90. The normalized spacial score (nSPS) is 12.4. The molecule has 1 N–H and O–H groups in total. The van der Waals surface area contributed by atoms with Crippen molar-refractivity contribution in [3.8, 4) is 0 Å². The van der Waals surface area contributed by atoms with E-state index in [1.807, 2.05) is 17.5 Å². The number of halogens is 1. The molecule has 0 spiro atoms. The zero-order valence-electron chi connectivity index (χ0n) is 14.2. The fourth-order valence-corrected chi connectivity index (χ4v) is 3.63. The lowest BCUT2D eigenvalue weighted by molar-refractivity contribution is -0.129. The summed E-state index contributed by atoms with van der Waals surface area (Å²) in [5, 5.41) is 4.69. The zero-order chi connectivity index (χ0) is 19.3. The number of thiophene rings is 1. The van der Waals surface area contributed by atoms with Crippen LogP contribution in [-0.4, -0.2) is 39.2 Å². The zero-order valence-corrected chi connectivity index (χ0v) is 16.6. The van der Waals surface area contributed by atoms with Crippen molar-refractivity contribution in [3.05, 3.63) is 51.2 Å². The van der Waals surface area contributed by atoms with Gasteiger partial charge in [-0.15, -0.1) is 11.3 Å². The van der Waals surface area contributed by atoms with Gasteiger partial charge in [0.1, 0.15) is 0 Å². The van der Waals surface area contributed by atoms with E-state index in [-0.39, 0.29) is 15.5 Å². The van der Waals surface area contributed by atoms with Crippen LogP contribution in [0.1, 0.15) is 22.2 Å². The molecule has 0 aliphatic rings. The maximum atomic E-state index is 12.2. The molecule has 26 heavy (non-hydrogen) atoms. The number of benzene rings is 1. The number of hydrogen-bond donors (Lipinski definition) is 1. The number of esters is 1. The summed E-state index contributed by atoms with van der Waals surface area (Å²) >= 11 is 7.55. The third-order valence-corrected chi connectivity index (χ3v) is 5.87. The second-order valence-corrected chi connectivity index (χ2v) is 9.04. The van der Waals surface area contributed by atoms with Crippen LogP contribution < -0.4 is 5.32 Å². The van der Waals surface area contributed by atoms with Crippen molar-refractivity contribution in [2.75, 3.05) is 12.8 Å². The van der Waals surface area contributed by atoms with Gasteiger partial charge in [0.05, 0.1) is 15.5 Å². The van der Waals surface area contributed by atoms with E-state index in [1.165, 1.54) is 19.1 Å². The highest BCUT2D eigenvalue weighted by Crippen LogP contribution is 2.22. The topological polar surface area (TPSA) is 89.5 Å². The summed E-state index contributed by atoms with van der Waals surface area (Å²) in [6, 6.07) is 7.65. The highest BCUT2D eigenvalue weighted by atomic mass is 35.5. The van der Waals surface area contributed by atoms with E-state index >= 15 is 0 Å². The highest BCUT2D eigenvalue weighted by molar-refractivity contribution is 7.90. The molecule has 0 aliphatic heterocycles. The third kappa shape index (κ3) is 5.55. The average molecular weight is 416 g/mol. The molecule has 0 saturated carbocycles. The summed E-state index contributed by atoms with van der Waals surface area (Å²) < 4.78 is 28.3. The van der Waals surface area contributed by atoms with Gasteiger partial charge in [0.25, 0.3) is 5.91 Å². The predicted octanol–water partition coefficient (Wildman–Crippen LogP) is 2.71. The van der Waals surface area contributed by atoms with Gasteiger partial charge in [-0.25, -0.2) is 13.2 Å². The molecule has 1 amide bonds. The number of sulfone groups is 1. The number of nitrogens with one attached hydrogen (secondary N) is 1. The van der Waals surface area contributed by atoms with Gasteiger partial charge in [-0.1, -0.05) is 17.7 Å². The average Bonchev–Trinajstić information content (AvgIpc) is 3.07. The predicted molar refractivity (Wildman–Crippen MR) is 100 cm³/mol. The Balaban J connectivity index is 1.96. The van der Waals surface area contributed by atoms with E-state index in [1.54, 1.807) is 11.3 Å². The molecule has 2 rings (SSSR count). The molecule has 6 nitrogen and oxygen atoms in total. The number of rotatable bonds is 7. The van der Waals surface area contributed by atoms with E-state index in [4.69, 9.17) is 16.3 Å². The van der Waals surface area contributed by atoms with Crippen LogP contribution in [0.3, 0.4) is 0 Å². The minimum absolute atomic E-state index is 0.0488.